The van der Waals surface area contributed by atoms with Gasteiger partial charge in [0.2, 0.25) is 0 Å². The molecular weight excluding hydrogens is 246 g/mol. The zero-order chi connectivity index (χ0) is 12.1. The maximum Gasteiger partial charge on any atom is 0.143 e. The van der Waals surface area contributed by atoms with Crippen molar-refractivity contribution in [2.24, 2.45) is 0 Å². The molecule has 18 heavy (non-hydrogen) atoms. The third-order valence-electron chi connectivity index (χ3n) is 3.23. The van der Waals surface area contributed by atoms with Crippen molar-refractivity contribution < 1.29 is 4.42 Å². The van der Waals surface area contributed by atoms with E-state index in [2.05, 4.69) is 23.2 Å². The third-order valence-corrected chi connectivity index (χ3v) is 3.51. The smallest absolute Gasteiger partial charge is 0.143 e. The molecule has 2 nitrogen and oxygen atoms in total. The second-order valence-corrected chi connectivity index (χ2v) is 4.60. The van der Waals surface area contributed by atoms with E-state index in [4.69, 9.17) is 16.0 Å². The summed E-state index contributed by atoms with van der Waals surface area (Å²) in [6.07, 6.45) is 1.66. The van der Waals surface area contributed by atoms with Crippen LogP contribution in [-0.4, -0.2) is 4.98 Å². The predicted octanol–water partition coefficient (Wildman–Crippen LogP) is 4.79. The van der Waals surface area contributed by atoms with Gasteiger partial charge in [0, 0.05) is 17.0 Å². The van der Waals surface area contributed by atoms with Crippen LogP contribution in [0.3, 0.4) is 0 Å². The minimum absolute atomic E-state index is 0.488. The number of nitrogens with zero attached hydrogens (tertiary/aromatic N) is 1. The van der Waals surface area contributed by atoms with Crippen LogP contribution in [0.5, 0.6) is 0 Å². The summed E-state index contributed by atoms with van der Waals surface area (Å²) < 4.78 is 5.92. The SMILES string of the molecule is Clc1nccc2oc3c4ccccc4ccc3c12. The lowest BCUT2D eigenvalue weighted by Crippen LogP contribution is -1.75. The van der Waals surface area contributed by atoms with Crippen molar-refractivity contribution in [2.75, 3.05) is 0 Å². The van der Waals surface area contributed by atoms with Gasteiger partial charge in [0.05, 0.1) is 5.39 Å². The summed E-state index contributed by atoms with van der Waals surface area (Å²) in [4.78, 5) is 4.12. The van der Waals surface area contributed by atoms with E-state index in [1.807, 2.05) is 24.3 Å². The summed E-state index contributed by atoms with van der Waals surface area (Å²) in [6, 6.07) is 14.1. The molecule has 4 rings (SSSR count). The first-order chi connectivity index (χ1) is 8.84. The Bertz CT molecular complexity index is 895. The van der Waals surface area contributed by atoms with Gasteiger partial charge in [0.15, 0.2) is 0 Å². The molecule has 2 aromatic carbocycles. The van der Waals surface area contributed by atoms with E-state index >= 15 is 0 Å². The lowest BCUT2D eigenvalue weighted by Gasteiger charge is -1.97. The maximum atomic E-state index is 6.16. The number of halogens is 1. The Balaban J connectivity index is 2.34. The van der Waals surface area contributed by atoms with E-state index in [1.165, 1.54) is 0 Å². The quantitative estimate of drug-likeness (QED) is 0.421. The molecule has 2 heterocycles. The zero-order valence-corrected chi connectivity index (χ0v) is 10.1. The lowest BCUT2D eigenvalue weighted by molar-refractivity contribution is 0.672. The van der Waals surface area contributed by atoms with Gasteiger partial charge in [0.1, 0.15) is 16.3 Å². The summed E-state index contributed by atoms with van der Waals surface area (Å²) in [5, 5.41) is 4.65. The molecule has 2 aromatic heterocycles. The van der Waals surface area contributed by atoms with E-state index in [-0.39, 0.29) is 0 Å². The predicted molar refractivity (Wildman–Crippen MR) is 74.0 cm³/mol. The van der Waals surface area contributed by atoms with Gasteiger partial charge in [-0.15, -0.1) is 0 Å². The van der Waals surface area contributed by atoms with Crippen LogP contribution in [0.4, 0.5) is 0 Å². The number of pyridine rings is 1. The molecule has 0 bridgehead atoms. The molecule has 86 valence electrons. The van der Waals surface area contributed by atoms with Crippen LogP contribution in [0.2, 0.25) is 5.15 Å². The van der Waals surface area contributed by atoms with Gasteiger partial charge in [-0.2, -0.15) is 0 Å². The Morgan fingerprint density at radius 3 is 2.78 bits per heavy atom. The van der Waals surface area contributed by atoms with E-state index in [0.717, 1.165) is 32.7 Å². The average Bonchev–Trinajstić information content (AvgIpc) is 2.79. The fourth-order valence-electron chi connectivity index (χ4n) is 2.41. The fraction of sp³-hybridized carbons (Fsp3) is 0. The van der Waals surface area contributed by atoms with Crippen molar-refractivity contribution in [3.63, 3.8) is 0 Å². The topological polar surface area (TPSA) is 26.0 Å². The van der Waals surface area contributed by atoms with Crippen molar-refractivity contribution in [1.29, 1.82) is 0 Å². The number of benzene rings is 2. The number of aromatic nitrogens is 1. The molecular formula is C15H8ClNO. The number of hydrogen-bond donors (Lipinski definition) is 0. The highest BCUT2D eigenvalue weighted by molar-refractivity contribution is 6.37. The first kappa shape index (κ1) is 9.92. The Morgan fingerprint density at radius 2 is 1.83 bits per heavy atom. The maximum absolute atomic E-state index is 6.16. The molecule has 3 heteroatoms. The minimum Gasteiger partial charge on any atom is -0.455 e. The number of furan rings is 1. The lowest BCUT2D eigenvalue weighted by atomic mass is 10.1. The first-order valence-corrected chi connectivity index (χ1v) is 6.07. The zero-order valence-electron chi connectivity index (χ0n) is 9.35. The Morgan fingerprint density at radius 1 is 0.944 bits per heavy atom. The Kier molecular flexibility index (Phi) is 1.91. The molecule has 0 N–H and O–H groups in total. The largest absolute Gasteiger partial charge is 0.455 e. The summed E-state index contributed by atoms with van der Waals surface area (Å²) in [5.41, 5.74) is 1.65. The molecule has 0 fully saturated rings. The summed E-state index contributed by atoms with van der Waals surface area (Å²) in [5.74, 6) is 0. The summed E-state index contributed by atoms with van der Waals surface area (Å²) >= 11 is 6.16. The molecule has 0 radical (unpaired) electrons. The molecule has 0 atom stereocenters. The van der Waals surface area contributed by atoms with E-state index in [9.17, 15) is 0 Å². The highest BCUT2D eigenvalue weighted by Crippen LogP contribution is 2.36. The number of rotatable bonds is 0. The van der Waals surface area contributed by atoms with Gasteiger partial charge in [0.25, 0.3) is 0 Å². The molecule has 0 aliphatic carbocycles. The Labute approximate surface area is 108 Å². The van der Waals surface area contributed by atoms with E-state index < -0.39 is 0 Å². The molecule has 0 aliphatic rings. The molecule has 0 saturated carbocycles. The van der Waals surface area contributed by atoms with Crippen molar-refractivity contribution in [3.05, 3.63) is 53.8 Å². The normalized spacial score (nSPS) is 11.6. The second-order valence-electron chi connectivity index (χ2n) is 4.24. The van der Waals surface area contributed by atoms with Gasteiger partial charge in [-0.1, -0.05) is 41.9 Å². The number of fused-ring (bicyclic) bond motifs is 5. The van der Waals surface area contributed by atoms with Crippen LogP contribution in [-0.2, 0) is 0 Å². The van der Waals surface area contributed by atoms with Crippen molar-refractivity contribution in [2.45, 2.75) is 0 Å². The van der Waals surface area contributed by atoms with Crippen molar-refractivity contribution in [1.82, 2.24) is 4.98 Å². The fourth-order valence-corrected chi connectivity index (χ4v) is 2.66. The van der Waals surface area contributed by atoms with Gasteiger partial charge < -0.3 is 4.42 Å². The third kappa shape index (κ3) is 1.21. The van der Waals surface area contributed by atoms with Crippen LogP contribution in [0, 0.1) is 0 Å². The van der Waals surface area contributed by atoms with E-state index in [1.54, 1.807) is 6.20 Å². The van der Waals surface area contributed by atoms with Gasteiger partial charge in [-0.3, -0.25) is 0 Å². The van der Waals surface area contributed by atoms with Crippen LogP contribution in [0.1, 0.15) is 0 Å². The highest BCUT2D eigenvalue weighted by atomic mass is 35.5. The molecule has 0 saturated heterocycles. The van der Waals surface area contributed by atoms with Gasteiger partial charge in [-0.05, 0) is 17.5 Å². The summed E-state index contributed by atoms with van der Waals surface area (Å²) in [6.45, 7) is 0. The summed E-state index contributed by atoms with van der Waals surface area (Å²) in [7, 11) is 0. The van der Waals surface area contributed by atoms with Crippen molar-refractivity contribution in [3.8, 4) is 0 Å². The van der Waals surface area contributed by atoms with Crippen LogP contribution < -0.4 is 0 Å². The molecule has 4 aromatic rings. The molecule has 0 aliphatic heterocycles. The minimum atomic E-state index is 0.488. The number of hydrogen-bond acceptors (Lipinski definition) is 2. The molecule has 0 amide bonds. The van der Waals surface area contributed by atoms with Gasteiger partial charge >= 0.3 is 0 Å². The van der Waals surface area contributed by atoms with E-state index in [0.29, 0.717) is 5.15 Å². The van der Waals surface area contributed by atoms with Crippen LogP contribution in [0.25, 0.3) is 32.7 Å². The molecule has 0 spiro atoms. The van der Waals surface area contributed by atoms with Crippen LogP contribution in [0.15, 0.2) is 53.1 Å². The monoisotopic (exact) mass is 253 g/mol. The standard InChI is InChI=1S/C15H8ClNO/c16-15-13-11-6-5-9-3-1-2-4-10(9)14(11)18-12(13)7-8-17-15/h1-8H. The molecule has 0 unspecified atom stereocenters. The van der Waals surface area contributed by atoms with Gasteiger partial charge in [-0.25, -0.2) is 4.98 Å². The average molecular weight is 254 g/mol. The second kappa shape index (κ2) is 3.47. The first-order valence-electron chi connectivity index (χ1n) is 5.69. The Hall–Kier alpha value is -2.06. The van der Waals surface area contributed by atoms with Crippen molar-refractivity contribution >= 4 is 44.3 Å². The highest BCUT2D eigenvalue weighted by Gasteiger charge is 2.12. The van der Waals surface area contributed by atoms with Crippen LogP contribution >= 0.6 is 11.6 Å².